The van der Waals surface area contributed by atoms with Gasteiger partial charge in [0.05, 0.1) is 29.4 Å². The van der Waals surface area contributed by atoms with E-state index < -0.39 is 16.8 Å². The van der Waals surface area contributed by atoms with Crippen LogP contribution in [0.5, 0.6) is 5.75 Å². The SMILES string of the molecule is COC(=O)Cn1c(=NC(=O)c2cccc(OC)c2)sc2cc([N+](=O)[O-])ccc21. The highest BCUT2D eigenvalue weighted by atomic mass is 32.1. The van der Waals surface area contributed by atoms with Crippen LogP contribution in [0.3, 0.4) is 0 Å². The van der Waals surface area contributed by atoms with Crippen LogP contribution in [-0.4, -0.2) is 35.6 Å². The Morgan fingerprint density at radius 1 is 1.21 bits per heavy atom. The van der Waals surface area contributed by atoms with Crippen molar-refractivity contribution in [2.45, 2.75) is 6.54 Å². The molecule has 3 rings (SSSR count). The predicted octanol–water partition coefficient (Wildman–Crippen LogP) is 2.53. The smallest absolute Gasteiger partial charge is 0.325 e. The molecule has 1 aromatic heterocycles. The van der Waals surface area contributed by atoms with Crippen molar-refractivity contribution in [2.24, 2.45) is 4.99 Å². The van der Waals surface area contributed by atoms with E-state index in [9.17, 15) is 19.7 Å². The van der Waals surface area contributed by atoms with Crippen LogP contribution in [-0.2, 0) is 16.1 Å². The Morgan fingerprint density at radius 2 is 2.00 bits per heavy atom. The Kier molecular flexibility index (Phi) is 5.50. The van der Waals surface area contributed by atoms with Crippen LogP contribution >= 0.6 is 11.3 Å². The molecule has 9 nitrogen and oxygen atoms in total. The molecular weight excluding hydrogens is 386 g/mol. The molecule has 0 N–H and O–H groups in total. The Bertz CT molecular complexity index is 1150. The van der Waals surface area contributed by atoms with Gasteiger partial charge in [0.2, 0.25) is 0 Å². The van der Waals surface area contributed by atoms with Crippen molar-refractivity contribution in [3.8, 4) is 5.75 Å². The number of rotatable bonds is 5. The fourth-order valence-electron chi connectivity index (χ4n) is 2.51. The van der Waals surface area contributed by atoms with Crippen LogP contribution in [0.15, 0.2) is 47.5 Å². The number of ether oxygens (including phenoxy) is 2. The average molecular weight is 401 g/mol. The van der Waals surface area contributed by atoms with E-state index in [2.05, 4.69) is 4.99 Å². The van der Waals surface area contributed by atoms with E-state index in [1.54, 1.807) is 24.3 Å². The monoisotopic (exact) mass is 401 g/mol. The Labute approximate surface area is 162 Å². The Hall–Kier alpha value is -3.53. The second kappa shape index (κ2) is 8.01. The molecule has 1 heterocycles. The zero-order valence-corrected chi connectivity index (χ0v) is 15.8. The van der Waals surface area contributed by atoms with Crippen molar-refractivity contribution in [3.63, 3.8) is 0 Å². The number of nitro benzene ring substituents is 1. The molecule has 0 unspecified atom stereocenters. The third kappa shape index (κ3) is 3.91. The number of esters is 1. The maximum atomic E-state index is 12.6. The van der Waals surface area contributed by atoms with E-state index in [0.29, 0.717) is 21.5 Å². The molecule has 0 aliphatic carbocycles. The topological polar surface area (TPSA) is 113 Å². The minimum absolute atomic E-state index is 0.0929. The van der Waals surface area contributed by atoms with Crippen molar-refractivity contribution in [3.05, 3.63) is 62.9 Å². The summed E-state index contributed by atoms with van der Waals surface area (Å²) in [6.45, 7) is -0.182. The first-order chi connectivity index (χ1) is 13.4. The quantitative estimate of drug-likeness (QED) is 0.369. The minimum Gasteiger partial charge on any atom is -0.497 e. The third-order valence-corrected chi connectivity index (χ3v) is 4.95. The van der Waals surface area contributed by atoms with Gasteiger partial charge < -0.3 is 14.0 Å². The summed E-state index contributed by atoms with van der Waals surface area (Å²) in [7, 11) is 2.74. The highest BCUT2D eigenvalue weighted by Gasteiger charge is 2.15. The van der Waals surface area contributed by atoms with Crippen molar-refractivity contribution < 1.29 is 24.0 Å². The molecule has 1 amide bonds. The van der Waals surface area contributed by atoms with E-state index in [0.717, 1.165) is 11.3 Å². The van der Waals surface area contributed by atoms with E-state index in [1.165, 1.54) is 37.0 Å². The second-order valence-corrected chi connectivity index (χ2v) is 6.61. The van der Waals surface area contributed by atoms with Gasteiger partial charge in [-0.15, -0.1) is 0 Å². The Morgan fingerprint density at radius 3 is 2.68 bits per heavy atom. The van der Waals surface area contributed by atoms with E-state index in [-0.39, 0.29) is 17.0 Å². The summed E-state index contributed by atoms with van der Waals surface area (Å²) in [6.07, 6.45) is 0. The largest absolute Gasteiger partial charge is 0.497 e. The van der Waals surface area contributed by atoms with Gasteiger partial charge in [-0.3, -0.25) is 19.7 Å². The molecule has 28 heavy (non-hydrogen) atoms. The van der Waals surface area contributed by atoms with E-state index >= 15 is 0 Å². The van der Waals surface area contributed by atoms with E-state index in [4.69, 9.17) is 9.47 Å². The molecule has 0 spiro atoms. The first-order valence-corrected chi connectivity index (χ1v) is 8.82. The fraction of sp³-hybridized carbons (Fsp3) is 0.167. The second-order valence-electron chi connectivity index (χ2n) is 5.60. The highest BCUT2D eigenvalue weighted by Crippen LogP contribution is 2.23. The van der Waals surface area contributed by atoms with Crippen LogP contribution in [0.25, 0.3) is 10.2 Å². The number of hydrogen-bond acceptors (Lipinski definition) is 7. The fourth-order valence-corrected chi connectivity index (χ4v) is 3.58. The summed E-state index contributed by atoms with van der Waals surface area (Å²) < 4.78 is 11.8. The zero-order chi connectivity index (χ0) is 20.3. The summed E-state index contributed by atoms with van der Waals surface area (Å²) in [5, 5.41) is 11.0. The Balaban J connectivity index is 2.15. The molecule has 0 saturated heterocycles. The van der Waals surface area contributed by atoms with Gasteiger partial charge in [0.1, 0.15) is 12.3 Å². The van der Waals surface area contributed by atoms with Gasteiger partial charge >= 0.3 is 5.97 Å². The van der Waals surface area contributed by atoms with Crippen LogP contribution in [0.4, 0.5) is 5.69 Å². The number of aromatic nitrogens is 1. The number of fused-ring (bicyclic) bond motifs is 1. The number of thiazole rings is 1. The normalized spacial score (nSPS) is 11.4. The summed E-state index contributed by atoms with van der Waals surface area (Å²) >= 11 is 1.07. The van der Waals surface area contributed by atoms with Crippen LogP contribution < -0.4 is 9.54 Å². The number of methoxy groups -OCH3 is 2. The molecule has 0 aliphatic heterocycles. The minimum atomic E-state index is -0.534. The molecule has 0 aliphatic rings. The van der Waals surface area contributed by atoms with Crippen LogP contribution in [0.2, 0.25) is 0 Å². The zero-order valence-electron chi connectivity index (χ0n) is 14.9. The molecule has 0 bridgehead atoms. The lowest BCUT2D eigenvalue weighted by Gasteiger charge is -2.04. The molecule has 0 saturated carbocycles. The average Bonchev–Trinajstić information content (AvgIpc) is 3.03. The summed E-state index contributed by atoms with van der Waals surface area (Å²) in [5.74, 6) is -0.553. The summed E-state index contributed by atoms with van der Waals surface area (Å²) in [4.78, 5) is 39.2. The molecule has 0 fully saturated rings. The van der Waals surface area contributed by atoms with E-state index in [1.807, 2.05) is 0 Å². The van der Waals surface area contributed by atoms with Crippen molar-refractivity contribution >= 4 is 39.1 Å². The van der Waals surface area contributed by atoms with Gasteiger partial charge in [0.15, 0.2) is 4.80 Å². The van der Waals surface area contributed by atoms with Gasteiger partial charge in [-0.1, -0.05) is 17.4 Å². The summed E-state index contributed by atoms with van der Waals surface area (Å²) in [5.41, 5.74) is 0.759. The van der Waals surface area contributed by atoms with Gasteiger partial charge in [0, 0.05) is 17.7 Å². The van der Waals surface area contributed by atoms with Gasteiger partial charge in [0.25, 0.3) is 11.6 Å². The van der Waals surface area contributed by atoms with Crippen LogP contribution in [0.1, 0.15) is 10.4 Å². The number of nitrogens with zero attached hydrogens (tertiary/aromatic N) is 3. The lowest BCUT2D eigenvalue weighted by Crippen LogP contribution is -2.22. The summed E-state index contributed by atoms with van der Waals surface area (Å²) in [6, 6.07) is 10.7. The molecular formula is C18H15N3O6S. The molecule has 0 radical (unpaired) electrons. The number of carbonyl (C=O) groups is 2. The first kappa shape index (κ1) is 19.2. The number of hydrogen-bond donors (Lipinski definition) is 0. The maximum Gasteiger partial charge on any atom is 0.325 e. The number of nitro groups is 1. The molecule has 2 aromatic carbocycles. The maximum absolute atomic E-state index is 12.6. The predicted molar refractivity (Wildman–Crippen MR) is 101 cm³/mol. The number of non-ortho nitro benzene ring substituents is 1. The standard InChI is InChI=1S/C18H15N3O6S/c1-26-13-5-3-4-11(8-13)17(23)19-18-20(10-16(22)27-2)14-7-6-12(21(24)25)9-15(14)28-18/h3-9H,10H2,1-2H3. The van der Waals surface area contributed by atoms with Gasteiger partial charge in [-0.2, -0.15) is 4.99 Å². The highest BCUT2D eigenvalue weighted by molar-refractivity contribution is 7.16. The number of amides is 1. The van der Waals surface area contributed by atoms with Crippen molar-refractivity contribution in [1.82, 2.24) is 4.57 Å². The first-order valence-electron chi connectivity index (χ1n) is 8.00. The lowest BCUT2D eigenvalue weighted by molar-refractivity contribution is -0.384. The van der Waals surface area contributed by atoms with Gasteiger partial charge in [-0.05, 0) is 24.3 Å². The number of benzene rings is 2. The van der Waals surface area contributed by atoms with Crippen LogP contribution in [0, 0.1) is 10.1 Å². The lowest BCUT2D eigenvalue weighted by atomic mass is 10.2. The van der Waals surface area contributed by atoms with Gasteiger partial charge in [-0.25, -0.2) is 0 Å². The van der Waals surface area contributed by atoms with Crippen molar-refractivity contribution in [2.75, 3.05) is 14.2 Å². The number of carbonyl (C=O) groups excluding carboxylic acids is 2. The molecule has 144 valence electrons. The van der Waals surface area contributed by atoms with Crippen molar-refractivity contribution in [1.29, 1.82) is 0 Å². The molecule has 10 heteroatoms. The molecule has 0 atom stereocenters. The molecule has 3 aromatic rings. The third-order valence-electron chi connectivity index (χ3n) is 3.91.